The third-order valence-electron chi connectivity index (χ3n) is 10.3. The van der Waals surface area contributed by atoms with Crippen molar-refractivity contribution in [2.75, 3.05) is 0 Å². The molecule has 0 heterocycles. The first-order valence-electron chi connectivity index (χ1n) is 12.9. The Morgan fingerprint density at radius 1 is 0.970 bits per heavy atom. The summed E-state index contributed by atoms with van der Waals surface area (Å²) in [7, 11) is 0. The zero-order valence-corrected chi connectivity index (χ0v) is 20.1. The smallest absolute Gasteiger partial charge is 0.338 e. The second-order valence-electron chi connectivity index (χ2n) is 12.0. The maximum atomic E-state index is 12.6. The van der Waals surface area contributed by atoms with Gasteiger partial charge in [-0.3, -0.25) is 4.79 Å². The zero-order chi connectivity index (χ0) is 23.0. The molecule has 0 radical (unpaired) electrons. The molecule has 0 saturated heterocycles. The average molecular weight is 449 g/mol. The van der Waals surface area contributed by atoms with Crippen LogP contribution in [-0.4, -0.2) is 24.1 Å². The summed E-state index contributed by atoms with van der Waals surface area (Å²) in [5, 5.41) is 0. The van der Waals surface area contributed by atoms with E-state index in [1.54, 1.807) is 6.92 Å². The first-order valence-corrected chi connectivity index (χ1v) is 12.9. The lowest BCUT2D eigenvalue weighted by Gasteiger charge is -2.58. The summed E-state index contributed by atoms with van der Waals surface area (Å²) in [6.07, 6.45) is 10.3. The van der Waals surface area contributed by atoms with Crippen LogP contribution in [0.2, 0.25) is 0 Å². The first-order chi connectivity index (χ1) is 15.8. The molecule has 5 aliphatic rings. The van der Waals surface area contributed by atoms with Crippen LogP contribution in [0, 0.1) is 40.4 Å². The molecule has 0 spiro atoms. The number of carbonyl (C=O) groups excluding carboxylic acids is 2. The molecular formula is C29H36O4. The van der Waals surface area contributed by atoms with Crippen molar-refractivity contribution in [2.24, 2.45) is 40.4 Å². The summed E-state index contributed by atoms with van der Waals surface area (Å²) in [6, 6.07) is 9.34. The van der Waals surface area contributed by atoms with Crippen molar-refractivity contribution in [3.8, 4) is 0 Å². The molecule has 1 aromatic carbocycles. The van der Waals surface area contributed by atoms with Gasteiger partial charge in [0, 0.05) is 18.8 Å². The number of fused-ring (bicyclic) bond motifs is 7. The number of rotatable bonds is 3. The lowest BCUT2D eigenvalue weighted by molar-refractivity contribution is -0.160. The van der Waals surface area contributed by atoms with Gasteiger partial charge in [-0.2, -0.15) is 0 Å². The molecule has 0 unspecified atom stereocenters. The molecule has 4 heteroatoms. The Labute approximate surface area is 197 Å². The number of ether oxygens (including phenoxy) is 2. The van der Waals surface area contributed by atoms with Crippen LogP contribution in [0.1, 0.15) is 76.1 Å². The second kappa shape index (κ2) is 7.45. The number of allylic oxidation sites excluding steroid dienone is 1. The molecule has 6 rings (SSSR count). The maximum Gasteiger partial charge on any atom is 0.338 e. The Kier molecular flexibility index (Phi) is 4.84. The fourth-order valence-corrected chi connectivity index (χ4v) is 8.83. The number of benzene rings is 1. The van der Waals surface area contributed by atoms with E-state index in [1.165, 1.54) is 24.8 Å². The molecule has 0 N–H and O–H groups in total. The van der Waals surface area contributed by atoms with Gasteiger partial charge < -0.3 is 9.47 Å². The average Bonchev–Trinajstić information content (AvgIpc) is 3.53. The van der Waals surface area contributed by atoms with Gasteiger partial charge in [-0.15, -0.1) is 0 Å². The van der Waals surface area contributed by atoms with E-state index in [0.717, 1.165) is 31.6 Å². The molecule has 0 amide bonds. The van der Waals surface area contributed by atoms with Gasteiger partial charge in [0.15, 0.2) is 0 Å². The van der Waals surface area contributed by atoms with Crippen LogP contribution in [0.5, 0.6) is 0 Å². The quantitative estimate of drug-likeness (QED) is 0.423. The van der Waals surface area contributed by atoms with Crippen LogP contribution in [-0.2, 0) is 14.3 Å². The largest absolute Gasteiger partial charge is 0.462 e. The van der Waals surface area contributed by atoms with Gasteiger partial charge in [-0.05, 0) is 85.7 Å². The van der Waals surface area contributed by atoms with Crippen LogP contribution in [0.4, 0.5) is 0 Å². The normalized spacial score (nSPS) is 44.9. The van der Waals surface area contributed by atoms with Crippen molar-refractivity contribution in [2.45, 2.75) is 77.9 Å². The predicted octanol–water partition coefficient (Wildman–Crippen LogP) is 5.96. The molecule has 1 aromatic rings. The summed E-state index contributed by atoms with van der Waals surface area (Å²) in [5.74, 6) is 3.08. The molecule has 0 aliphatic heterocycles. The summed E-state index contributed by atoms with van der Waals surface area (Å²) >= 11 is 0. The van der Waals surface area contributed by atoms with Gasteiger partial charge in [0.2, 0.25) is 0 Å². The van der Waals surface area contributed by atoms with E-state index in [4.69, 9.17) is 9.47 Å². The van der Waals surface area contributed by atoms with Crippen LogP contribution < -0.4 is 0 Å². The second-order valence-corrected chi connectivity index (χ2v) is 12.0. The Bertz CT molecular complexity index is 998. The van der Waals surface area contributed by atoms with E-state index in [-0.39, 0.29) is 35.0 Å². The Morgan fingerprint density at radius 2 is 1.76 bits per heavy atom. The molecule has 176 valence electrons. The fourth-order valence-electron chi connectivity index (χ4n) is 8.83. The fraction of sp³-hybridized carbons (Fsp3) is 0.655. The highest BCUT2D eigenvalue weighted by atomic mass is 16.5. The summed E-state index contributed by atoms with van der Waals surface area (Å²) < 4.78 is 11.9. The van der Waals surface area contributed by atoms with E-state index in [9.17, 15) is 9.59 Å². The monoisotopic (exact) mass is 448 g/mol. The van der Waals surface area contributed by atoms with Crippen molar-refractivity contribution < 1.29 is 19.1 Å². The van der Waals surface area contributed by atoms with E-state index in [1.807, 2.05) is 30.3 Å². The minimum absolute atomic E-state index is 0.0184. The van der Waals surface area contributed by atoms with Crippen molar-refractivity contribution >= 4 is 11.9 Å². The van der Waals surface area contributed by atoms with Crippen molar-refractivity contribution in [1.82, 2.24) is 0 Å². The standard InChI is InChI=1S/C29H36O4/c1-17(30)32-26-23-16-22(23)25-21-10-9-19-15-20(33-27(31)18-7-5-4-6-8-18)11-13-28(19,2)24(21)12-14-29(25,26)3/h4-9,20-26H,10-16H2,1-3H3/t20-,21+,22+,23-,24-,25+,26-,28-,29-/m0/s1. The molecule has 0 bridgehead atoms. The maximum absolute atomic E-state index is 12.6. The van der Waals surface area contributed by atoms with Crippen LogP contribution in [0.3, 0.4) is 0 Å². The van der Waals surface area contributed by atoms with Crippen LogP contribution >= 0.6 is 0 Å². The highest BCUT2D eigenvalue weighted by molar-refractivity contribution is 5.89. The minimum atomic E-state index is -0.200. The van der Waals surface area contributed by atoms with Gasteiger partial charge in [-0.25, -0.2) is 4.79 Å². The van der Waals surface area contributed by atoms with Gasteiger partial charge in [0.25, 0.3) is 0 Å². The van der Waals surface area contributed by atoms with Crippen LogP contribution in [0.15, 0.2) is 42.0 Å². The van der Waals surface area contributed by atoms with Crippen molar-refractivity contribution in [1.29, 1.82) is 0 Å². The van der Waals surface area contributed by atoms with E-state index in [0.29, 0.717) is 29.2 Å². The third-order valence-corrected chi connectivity index (χ3v) is 10.3. The summed E-state index contributed by atoms with van der Waals surface area (Å²) in [4.78, 5) is 24.4. The molecule has 4 nitrogen and oxygen atoms in total. The van der Waals surface area contributed by atoms with Gasteiger partial charge >= 0.3 is 11.9 Å². The Hall–Kier alpha value is -2.10. The van der Waals surface area contributed by atoms with Crippen LogP contribution in [0.25, 0.3) is 0 Å². The van der Waals surface area contributed by atoms with E-state index < -0.39 is 0 Å². The summed E-state index contributed by atoms with van der Waals surface area (Å²) in [5.41, 5.74) is 2.51. The lowest BCUT2D eigenvalue weighted by Crippen LogP contribution is -2.53. The SMILES string of the molecule is CC(=O)O[C@H]1[C@H]2C[C@H]2[C@H]2[C@@H]3CC=C4C[C@@H](OC(=O)c5ccccc5)CC[C@]4(C)[C@H]3CC[C@@]21C. The Morgan fingerprint density at radius 3 is 2.52 bits per heavy atom. The number of esters is 2. The van der Waals surface area contributed by atoms with Crippen molar-refractivity contribution in [3.05, 3.63) is 47.5 Å². The number of carbonyl (C=O) groups is 2. The Balaban J connectivity index is 1.20. The topological polar surface area (TPSA) is 52.6 Å². The molecule has 9 atom stereocenters. The highest BCUT2D eigenvalue weighted by Crippen LogP contribution is 2.73. The van der Waals surface area contributed by atoms with Gasteiger partial charge in [0.1, 0.15) is 12.2 Å². The van der Waals surface area contributed by atoms with Gasteiger partial charge in [-0.1, -0.05) is 43.7 Å². The third kappa shape index (κ3) is 3.23. The molecular weight excluding hydrogens is 412 g/mol. The number of hydrogen-bond acceptors (Lipinski definition) is 4. The van der Waals surface area contributed by atoms with E-state index in [2.05, 4.69) is 19.9 Å². The first kappa shape index (κ1) is 21.4. The molecule has 4 fully saturated rings. The van der Waals surface area contributed by atoms with Crippen molar-refractivity contribution in [3.63, 3.8) is 0 Å². The molecule has 0 aromatic heterocycles. The van der Waals surface area contributed by atoms with Gasteiger partial charge in [0.05, 0.1) is 5.56 Å². The molecule has 4 saturated carbocycles. The minimum Gasteiger partial charge on any atom is -0.462 e. The molecule has 33 heavy (non-hydrogen) atoms. The molecule has 5 aliphatic carbocycles. The summed E-state index contributed by atoms with van der Waals surface area (Å²) in [6.45, 7) is 6.46. The zero-order valence-electron chi connectivity index (χ0n) is 20.1. The van der Waals surface area contributed by atoms with E-state index >= 15 is 0 Å². The lowest BCUT2D eigenvalue weighted by atomic mass is 9.47. The number of hydrogen-bond donors (Lipinski definition) is 0. The highest BCUT2D eigenvalue weighted by Gasteiger charge is 2.71. The predicted molar refractivity (Wildman–Crippen MR) is 125 cm³/mol.